The standard InChI is InChI=1S/C10H14N2O2/c1-5-9(13)14-10-8(4)11-6(2)7(3)12-10/h5H2,1-4H3. The molecule has 1 aromatic heterocycles. The van der Waals surface area contributed by atoms with Gasteiger partial charge in [-0.2, -0.15) is 0 Å². The minimum atomic E-state index is -0.286. The van der Waals surface area contributed by atoms with Crippen LogP contribution in [0.3, 0.4) is 0 Å². The summed E-state index contributed by atoms with van der Waals surface area (Å²) < 4.78 is 5.02. The summed E-state index contributed by atoms with van der Waals surface area (Å²) in [5, 5.41) is 0. The van der Waals surface area contributed by atoms with Crippen molar-refractivity contribution in [3.63, 3.8) is 0 Å². The molecule has 0 aromatic carbocycles. The predicted octanol–water partition coefficient (Wildman–Crippen LogP) is 1.72. The van der Waals surface area contributed by atoms with E-state index in [2.05, 4.69) is 9.97 Å². The number of carbonyl (C=O) groups excluding carboxylic acids is 1. The van der Waals surface area contributed by atoms with Gasteiger partial charge in [0, 0.05) is 6.42 Å². The van der Waals surface area contributed by atoms with Crippen LogP contribution in [0.15, 0.2) is 0 Å². The second kappa shape index (κ2) is 4.17. The van der Waals surface area contributed by atoms with Gasteiger partial charge in [-0.1, -0.05) is 6.92 Å². The highest BCUT2D eigenvalue weighted by atomic mass is 16.5. The van der Waals surface area contributed by atoms with Crippen molar-refractivity contribution >= 4 is 5.97 Å². The molecule has 0 aliphatic heterocycles. The van der Waals surface area contributed by atoms with Crippen molar-refractivity contribution in [1.82, 2.24) is 9.97 Å². The van der Waals surface area contributed by atoms with Crippen LogP contribution in [0, 0.1) is 20.8 Å². The smallest absolute Gasteiger partial charge is 0.312 e. The van der Waals surface area contributed by atoms with Gasteiger partial charge in [0.25, 0.3) is 0 Å². The molecule has 76 valence electrons. The van der Waals surface area contributed by atoms with E-state index in [0.29, 0.717) is 18.0 Å². The quantitative estimate of drug-likeness (QED) is 0.672. The molecule has 0 atom stereocenters. The van der Waals surface area contributed by atoms with Crippen molar-refractivity contribution < 1.29 is 9.53 Å². The zero-order valence-corrected chi connectivity index (χ0v) is 8.92. The van der Waals surface area contributed by atoms with Gasteiger partial charge in [-0.25, -0.2) is 4.98 Å². The van der Waals surface area contributed by atoms with Crippen molar-refractivity contribution in [2.24, 2.45) is 0 Å². The molecule has 0 unspecified atom stereocenters. The Labute approximate surface area is 83.3 Å². The summed E-state index contributed by atoms with van der Waals surface area (Å²) in [6.45, 7) is 7.23. The number of esters is 1. The first kappa shape index (κ1) is 10.6. The Morgan fingerprint density at radius 2 is 1.71 bits per heavy atom. The Bertz CT molecular complexity index is 361. The van der Waals surface area contributed by atoms with E-state index in [0.717, 1.165) is 11.4 Å². The monoisotopic (exact) mass is 194 g/mol. The molecule has 0 bridgehead atoms. The van der Waals surface area contributed by atoms with Gasteiger partial charge in [-0.3, -0.25) is 9.78 Å². The Kier molecular flexibility index (Phi) is 3.17. The molecular weight excluding hydrogens is 180 g/mol. The summed E-state index contributed by atoms with van der Waals surface area (Å²) in [6, 6.07) is 0. The molecule has 4 heteroatoms. The van der Waals surface area contributed by atoms with Crippen LogP contribution in [-0.4, -0.2) is 15.9 Å². The second-order valence-corrected chi connectivity index (χ2v) is 3.11. The summed E-state index contributed by atoms with van der Waals surface area (Å²) in [4.78, 5) is 19.4. The first-order valence-corrected chi connectivity index (χ1v) is 4.57. The molecule has 1 aromatic rings. The molecule has 14 heavy (non-hydrogen) atoms. The summed E-state index contributed by atoms with van der Waals surface area (Å²) >= 11 is 0. The summed E-state index contributed by atoms with van der Waals surface area (Å²) in [7, 11) is 0. The zero-order valence-electron chi connectivity index (χ0n) is 8.92. The number of rotatable bonds is 2. The van der Waals surface area contributed by atoms with Gasteiger partial charge in [-0.05, 0) is 20.8 Å². The summed E-state index contributed by atoms with van der Waals surface area (Å²) in [5.41, 5.74) is 2.29. The van der Waals surface area contributed by atoms with Crippen LogP contribution in [0.5, 0.6) is 5.88 Å². The van der Waals surface area contributed by atoms with Crippen LogP contribution in [0.25, 0.3) is 0 Å². The van der Waals surface area contributed by atoms with Gasteiger partial charge in [0.1, 0.15) is 5.69 Å². The number of ether oxygens (including phenoxy) is 1. The number of hydrogen-bond donors (Lipinski definition) is 0. The normalized spacial score (nSPS) is 10.0. The van der Waals surface area contributed by atoms with Gasteiger partial charge in [0.15, 0.2) is 0 Å². The summed E-state index contributed by atoms with van der Waals surface area (Å²) in [6.07, 6.45) is 0.341. The molecule has 0 saturated heterocycles. The van der Waals surface area contributed by atoms with E-state index < -0.39 is 0 Å². The van der Waals surface area contributed by atoms with Gasteiger partial charge in [0.2, 0.25) is 5.88 Å². The largest absolute Gasteiger partial charge is 0.405 e. The molecule has 0 saturated carbocycles. The van der Waals surface area contributed by atoms with E-state index in [4.69, 9.17) is 4.74 Å². The average Bonchev–Trinajstić information content (AvgIpc) is 2.14. The van der Waals surface area contributed by atoms with Crippen molar-refractivity contribution in [2.75, 3.05) is 0 Å². The topological polar surface area (TPSA) is 52.1 Å². The van der Waals surface area contributed by atoms with E-state index in [9.17, 15) is 4.79 Å². The van der Waals surface area contributed by atoms with Crippen LogP contribution in [0.2, 0.25) is 0 Å². The highest BCUT2D eigenvalue weighted by molar-refractivity contribution is 5.71. The molecule has 1 heterocycles. The maximum Gasteiger partial charge on any atom is 0.312 e. The lowest BCUT2D eigenvalue weighted by atomic mass is 10.3. The third-order valence-corrected chi connectivity index (χ3v) is 1.94. The molecular formula is C10H14N2O2. The molecule has 0 amide bonds. The van der Waals surface area contributed by atoms with Crippen molar-refractivity contribution in [3.8, 4) is 5.88 Å². The van der Waals surface area contributed by atoms with Crippen molar-refractivity contribution in [3.05, 3.63) is 17.1 Å². The second-order valence-electron chi connectivity index (χ2n) is 3.11. The summed E-state index contributed by atoms with van der Waals surface area (Å²) in [5.74, 6) is 0.0330. The number of hydrogen-bond acceptors (Lipinski definition) is 4. The fourth-order valence-electron chi connectivity index (χ4n) is 0.971. The van der Waals surface area contributed by atoms with Gasteiger partial charge in [-0.15, -0.1) is 0 Å². The molecule has 0 radical (unpaired) electrons. The van der Waals surface area contributed by atoms with Crippen LogP contribution in [0.1, 0.15) is 30.4 Å². The number of aryl methyl sites for hydroxylation is 3. The lowest BCUT2D eigenvalue weighted by Crippen LogP contribution is -2.10. The fraction of sp³-hybridized carbons (Fsp3) is 0.500. The van der Waals surface area contributed by atoms with E-state index in [1.807, 2.05) is 13.8 Å². The molecule has 4 nitrogen and oxygen atoms in total. The molecule has 1 rings (SSSR count). The Morgan fingerprint density at radius 3 is 2.29 bits per heavy atom. The van der Waals surface area contributed by atoms with E-state index in [1.54, 1.807) is 13.8 Å². The molecule has 0 N–H and O–H groups in total. The minimum Gasteiger partial charge on any atom is -0.405 e. The Morgan fingerprint density at radius 1 is 1.14 bits per heavy atom. The van der Waals surface area contributed by atoms with Gasteiger partial charge < -0.3 is 4.74 Å². The van der Waals surface area contributed by atoms with E-state index >= 15 is 0 Å². The van der Waals surface area contributed by atoms with Gasteiger partial charge in [0.05, 0.1) is 11.4 Å². The average molecular weight is 194 g/mol. The molecule has 0 aliphatic carbocycles. The SMILES string of the molecule is CCC(=O)Oc1nc(C)c(C)nc1C. The number of nitrogens with zero attached hydrogens (tertiary/aromatic N) is 2. The predicted molar refractivity (Wildman–Crippen MR) is 52.2 cm³/mol. The lowest BCUT2D eigenvalue weighted by molar-refractivity contribution is -0.134. The fourth-order valence-corrected chi connectivity index (χ4v) is 0.971. The number of carbonyl (C=O) groups is 1. The van der Waals surface area contributed by atoms with Gasteiger partial charge >= 0.3 is 5.97 Å². The Hall–Kier alpha value is -1.45. The highest BCUT2D eigenvalue weighted by Gasteiger charge is 2.09. The molecule has 0 spiro atoms. The lowest BCUT2D eigenvalue weighted by Gasteiger charge is -2.06. The van der Waals surface area contributed by atoms with Crippen LogP contribution >= 0.6 is 0 Å². The first-order valence-electron chi connectivity index (χ1n) is 4.57. The zero-order chi connectivity index (χ0) is 10.7. The third-order valence-electron chi connectivity index (χ3n) is 1.94. The molecule has 0 fully saturated rings. The third kappa shape index (κ3) is 2.28. The first-order chi connectivity index (χ1) is 6.54. The van der Waals surface area contributed by atoms with Crippen molar-refractivity contribution in [2.45, 2.75) is 34.1 Å². The van der Waals surface area contributed by atoms with Crippen molar-refractivity contribution in [1.29, 1.82) is 0 Å². The maximum absolute atomic E-state index is 11.0. The van der Waals surface area contributed by atoms with Crippen LogP contribution in [-0.2, 0) is 4.79 Å². The van der Waals surface area contributed by atoms with E-state index in [-0.39, 0.29) is 5.97 Å². The Balaban J connectivity index is 2.98. The molecule has 0 aliphatic rings. The van der Waals surface area contributed by atoms with E-state index in [1.165, 1.54) is 0 Å². The maximum atomic E-state index is 11.0. The van der Waals surface area contributed by atoms with Crippen LogP contribution in [0.4, 0.5) is 0 Å². The van der Waals surface area contributed by atoms with Crippen LogP contribution < -0.4 is 4.74 Å². The highest BCUT2D eigenvalue weighted by Crippen LogP contribution is 2.14. The minimum absolute atomic E-state index is 0.286. The number of aromatic nitrogens is 2.